The molecule has 7 nitrogen and oxygen atoms in total. The number of amides is 1. The van der Waals surface area contributed by atoms with E-state index >= 15 is 0 Å². The van der Waals surface area contributed by atoms with E-state index in [0.29, 0.717) is 42.6 Å². The van der Waals surface area contributed by atoms with Crippen LogP contribution in [-0.4, -0.2) is 42.5 Å². The first-order valence-corrected chi connectivity index (χ1v) is 18.5. The van der Waals surface area contributed by atoms with Crippen molar-refractivity contribution in [2.75, 3.05) is 18.5 Å². The van der Waals surface area contributed by atoms with Crippen molar-refractivity contribution in [1.82, 2.24) is 9.55 Å². The first-order chi connectivity index (χ1) is 20.8. The maximum atomic E-state index is 12.9. The fraction of sp³-hybridized carbons (Fsp3) is 0.286. The van der Waals surface area contributed by atoms with Crippen molar-refractivity contribution in [3.8, 4) is 5.75 Å². The van der Waals surface area contributed by atoms with Gasteiger partial charge in [0.05, 0.1) is 6.61 Å². The molecule has 0 saturated heterocycles. The molecule has 0 atom stereocenters. The number of ether oxygens (including phenoxy) is 2. The topological polar surface area (TPSA) is 82.5 Å². The summed E-state index contributed by atoms with van der Waals surface area (Å²) in [5.41, 5.74) is 2.85. The van der Waals surface area contributed by atoms with Gasteiger partial charge in [0.2, 0.25) is 0 Å². The van der Waals surface area contributed by atoms with Gasteiger partial charge in [-0.2, -0.15) is 0 Å². The second kappa shape index (κ2) is 15.8. The van der Waals surface area contributed by atoms with E-state index in [1.54, 1.807) is 60.8 Å². The number of hydrogen-bond acceptors (Lipinski definition) is 5. The average molecular weight is 596 g/mol. The van der Waals surface area contributed by atoms with E-state index in [9.17, 15) is 9.59 Å². The summed E-state index contributed by atoms with van der Waals surface area (Å²) in [6.45, 7) is 8.68. The number of carbonyl (C=O) groups excluding carboxylic acids is 2. The summed E-state index contributed by atoms with van der Waals surface area (Å²) in [5.74, 6) is 0.932. The number of allylic oxidation sites excluding steroid dienone is 1. The highest BCUT2D eigenvalue weighted by atomic mass is 28.3. The molecule has 0 radical (unpaired) electrons. The smallest absolute Gasteiger partial charge is 0.255 e. The van der Waals surface area contributed by atoms with Crippen molar-refractivity contribution in [1.29, 1.82) is 0 Å². The van der Waals surface area contributed by atoms with Crippen LogP contribution in [-0.2, 0) is 17.9 Å². The van der Waals surface area contributed by atoms with Gasteiger partial charge in [-0.3, -0.25) is 9.59 Å². The van der Waals surface area contributed by atoms with E-state index in [0.717, 1.165) is 31.1 Å². The van der Waals surface area contributed by atoms with Crippen LogP contribution in [0.15, 0.2) is 97.3 Å². The third kappa shape index (κ3) is 10.8. The molecule has 0 fully saturated rings. The molecule has 4 aromatic rings. The number of ketones is 1. The summed E-state index contributed by atoms with van der Waals surface area (Å²) in [7, 11) is -1.15. The van der Waals surface area contributed by atoms with Crippen LogP contribution >= 0.6 is 0 Å². The van der Waals surface area contributed by atoms with Crippen molar-refractivity contribution in [3.05, 3.63) is 120 Å². The Kier molecular flexibility index (Phi) is 11.6. The highest BCUT2D eigenvalue weighted by Crippen LogP contribution is 2.17. The number of aryl methyl sites for hydroxylation is 1. The highest BCUT2D eigenvalue weighted by molar-refractivity contribution is 6.76. The lowest BCUT2D eigenvalue weighted by molar-refractivity contribution is 0.0867. The van der Waals surface area contributed by atoms with Gasteiger partial charge in [-0.05, 0) is 79.4 Å². The number of benzene rings is 3. The van der Waals surface area contributed by atoms with Gasteiger partial charge in [-0.15, -0.1) is 0 Å². The van der Waals surface area contributed by atoms with Gasteiger partial charge >= 0.3 is 0 Å². The van der Waals surface area contributed by atoms with Crippen LogP contribution in [0.4, 0.5) is 5.69 Å². The van der Waals surface area contributed by atoms with E-state index in [2.05, 4.69) is 54.2 Å². The maximum absolute atomic E-state index is 12.9. The molecule has 43 heavy (non-hydrogen) atoms. The number of imidazole rings is 1. The molecule has 0 unspecified atom stereocenters. The summed E-state index contributed by atoms with van der Waals surface area (Å²) in [5, 5.41) is 2.88. The number of aromatic nitrogens is 2. The van der Waals surface area contributed by atoms with Crippen molar-refractivity contribution in [3.63, 3.8) is 0 Å². The molecule has 0 bridgehead atoms. The average Bonchev–Trinajstić information content (AvgIpc) is 3.45. The second-order valence-electron chi connectivity index (χ2n) is 11.7. The van der Waals surface area contributed by atoms with Crippen molar-refractivity contribution in [2.24, 2.45) is 0 Å². The Bertz CT molecular complexity index is 1490. The van der Waals surface area contributed by atoms with Crippen molar-refractivity contribution in [2.45, 2.75) is 51.7 Å². The van der Waals surface area contributed by atoms with Crippen LogP contribution in [0.25, 0.3) is 6.08 Å². The Morgan fingerprint density at radius 1 is 0.907 bits per heavy atom. The second-order valence-corrected chi connectivity index (χ2v) is 17.3. The minimum absolute atomic E-state index is 0.185. The zero-order chi connectivity index (χ0) is 30.5. The predicted octanol–water partition coefficient (Wildman–Crippen LogP) is 7.75. The molecule has 3 aromatic carbocycles. The largest absolute Gasteiger partial charge is 0.494 e. The third-order valence-corrected chi connectivity index (χ3v) is 8.56. The fourth-order valence-corrected chi connectivity index (χ4v) is 5.05. The number of anilines is 1. The first kappa shape index (κ1) is 31.7. The quantitative estimate of drug-likeness (QED) is 0.0620. The van der Waals surface area contributed by atoms with Crippen LogP contribution in [0.1, 0.15) is 44.9 Å². The molecule has 1 aromatic heterocycles. The molecular weight excluding hydrogens is 554 g/mol. The number of rotatable bonds is 16. The lowest BCUT2D eigenvalue weighted by atomic mass is 10.1. The van der Waals surface area contributed by atoms with Gasteiger partial charge in [0.15, 0.2) is 5.78 Å². The fourth-order valence-electron chi connectivity index (χ4n) is 4.30. The number of unbranched alkanes of at least 4 members (excludes halogenated alkanes) is 1. The van der Waals surface area contributed by atoms with E-state index < -0.39 is 8.07 Å². The van der Waals surface area contributed by atoms with Gasteiger partial charge in [0.1, 0.15) is 18.3 Å². The van der Waals surface area contributed by atoms with Gasteiger partial charge < -0.3 is 19.4 Å². The molecule has 224 valence electrons. The Morgan fingerprint density at radius 2 is 1.70 bits per heavy atom. The van der Waals surface area contributed by atoms with Gasteiger partial charge in [0.25, 0.3) is 5.91 Å². The van der Waals surface area contributed by atoms with Crippen LogP contribution in [0.2, 0.25) is 25.7 Å². The summed E-state index contributed by atoms with van der Waals surface area (Å²) < 4.78 is 13.5. The molecule has 8 heteroatoms. The summed E-state index contributed by atoms with van der Waals surface area (Å²) >= 11 is 0. The lowest BCUT2D eigenvalue weighted by Gasteiger charge is -2.15. The van der Waals surface area contributed by atoms with E-state index in [4.69, 9.17) is 9.47 Å². The summed E-state index contributed by atoms with van der Waals surface area (Å²) in [6, 6.07) is 25.5. The molecule has 1 N–H and O–H groups in total. The Balaban J connectivity index is 1.24. The van der Waals surface area contributed by atoms with Crippen molar-refractivity contribution < 1.29 is 19.1 Å². The standard InChI is InChI=1S/C35H41N3O4Si/c1-43(2,3)25-24-41-27-38-22-21-36-34(38)20-19-33(39)30-13-9-14-31(26-30)37-35(40)29-15-17-32(18-16-29)42-23-8-7-12-28-10-5-4-6-11-28/h4-6,9-11,13-22,26H,7-8,12,23-25,27H2,1-3H3,(H,37,40)/b20-19+. The Hall–Kier alpha value is -4.27. The van der Waals surface area contributed by atoms with E-state index in [1.165, 1.54) is 11.6 Å². The predicted molar refractivity (Wildman–Crippen MR) is 175 cm³/mol. The molecule has 0 aliphatic rings. The highest BCUT2D eigenvalue weighted by Gasteiger charge is 2.12. The molecule has 0 saturated carbocycles. The SMILES string of the molecule is C[Si](C)(C)CCOCn1ccnc1/C=C/C(=O)c1cccc(NC(=O)c2ccc(OCCCCc3ccccc3)cc2)c1. The minimum atomic E-state index is -1.15. The molecule has 1 amide bonds. The maximum Gasteiger partial charge on any atom is 0.255 e. The first-order valence-electron chi connectivity index (χ1n) is 14.8. The van der Waals surface area contributed by atoms with Gasteiger partial charge in [-0.1, -0.05) is 62.1 Å². The number of nitrogens with one attached hydrogen (secondary N) is 1. The van der Waals surface area contributed by atoms with Crippen LogP contribution in [0.3, 0.4) is 0 Å². The lowest BCUT2D eigenvalue weighted by Crippen LogP contribution is -2.22. The minimum Gasteiger partial charge on any atom is -0.494 e. The summed E-state index contributed by atoms with van der Waals surface area (Å²) in [6.07, 6.45) is 9.74. The number of nitrogens with zero attached hydrogens (tertiary/aromatic N) is 2. The van der Waals surface area contributed by atoms with Crippen LogP contribution in [0.5, 0.6) is 5.75 Å². The third-order valence-electron chi connectivity index (χ3n) is 6.85. The molecule has 0 aliphatic heterocycles. The Labute approximate surface area is 255 Å². The summed E-state index contributed by atoms with van der Waals surface area (Å²) in [4.78, 5) is 30.1. The number of hydrogen-bond donors (Lipinski definition) is 1. The number of carbonyl (C=O) groups is 2. The molecular formula is C35H41N3O4Si. The monoisotopic (exact) mass is 595 g/mol. The van der Waals surface area contributed by atoms with Gasteiger partial charge in [0, 0.05) is 43.9 Å². The molecule has 4 rings (SSSR count). The Morgan fingerprint density at radius 3 is 2.47 bits per heavy atom. The van der Waals surface area contributed by atoms with E-state index in [1.807, 2.05) is 16.8 Å². The van der Waals surface area contributed by atoms with Crippen LogP contribution in [0, 0.1) is 0 Å². The van der Waals surface area contributed by atoms with Gasteiger partial charge in [-0.25, -0.2) is 4.98 Å². The van der Waals surface area contributed by atoms with E-state index in [-0.39, 0.29) is 11.7 Å². The molecule has 0 spiro atoms. The zero-order valence-electron chi connectivity index (χ0n) is 25.3. The normalized spacial score (nSPS) is 11.5. The van der Waals surface area contributed by atoms with Crippen LogP contribution < -0.4 is 10.1 Å². The van der Waals surface area contributed by atoms with Crippen molar-refractivity contribution >= 4 is 31.5 Å². The zero-order valence-corrected chi connectivity index (χ0v) is 26.3. The molecule has 1 heterocycles. The molecule has 0 aliphatic carbocycles.